The second kappa shape index (κ2) is 4.19. The number of aldehydes is 1. The van der Waals surface area contributed by atoms with Crippen molar-refractivity contribution in [3.05, 3.63) is 53.6 Å². The van der Waals surface area contributed by atoms with Gasteiger partial charge in [0.05, 0.1) is 0 Å². The molecule has 0 radical (unpaired) electrons. The van der Waals surface area contributed by atoms with E-state index in [1.54, 1.807) is 18.2 Å². The van der Waals surface area contributed by atoms with E-state index in [-0.39, 0.29) is 5.75 Å². The highest BCUT2D eigenvalue weighted by atomic mass is 16.3. The third-order valence-corrected chi connectivity index (χ3v) is 2.62. The number of hydrogen-bond acceptors (Lipinski definition) is 2. The number of aryl methyl sites for hydroxylation is 1. The zero-order chi connectivity index (χ0) is 11.5. The molecule has 0 saturated heterocycles. The summed E-state index contributed by atoms with van der Waals surface area (Å²) in [6.07, 6.45) is 0.832. The van der Waals surface area contributed by atoms with E-state index in [9.17, 15) is 9.90 Å². The van der Waals surface area contributed by atoms with Gasteiger partial charge < -0.3 is 5.11 Å². The van der Waals surface area contributed by atoms with Crippen LogP contribution in [0.15, 0.2) is 42.5 Å². The fourth-order valence-corrected chi connectivity index (χ4v) is 1.65. The van der Waals surface area contributed by atoms with Crippen LogP contribution in [-0.2, 0) is 0 Å². The predicted octanol–water partition coefficient (Wildman–Crippen LogP) is 3.18. The molecule has 0 spiro atoms. The SMILES string of the molecule is Cc1ccc(-c2ccccc2O)cc1C=O. The summed E-state index contributed by atoms with van der Waals surface area (Å²) in [5, 5.41) is 9.71. The lowest BCUT2D eigenvalue weighted by atomic mass is 10.00. The molecule has 0 heterocycles. The maximum Gasteiger partial charge on any atom is 0.150 e. The summed E-state index contributed by atoms with van der Waals surface area (Å²) in [6.45, 7) is 1.89. The number of hydrogen-bond donors (Lipinski definition) is 1. The van der Waals surface area contributed by atoms with E-state index in [0.29, 0.717) is 5.56 Å². The Hall–Kier alpha value is -2.09. The third-order valence-electron chi connectivity index (χ3n) is 2.62. The number of aromatic hydroxyl groups is 1. The molecule has 2 heteroatoms. The highest BCUT2D eigenvalue weighted by Crippen LogP contribution is 2.29. The molecular formula is C14H12O2. The summed E-state index contributed by atoms with van der Waals surface area (Å²) < 4.78 is 0. The van der Waals surface area contributed by atoms with E-state index in [1.807, 2.05) is 31.2 Å². The highest BCUT2D eigenvalue weighted by Gasteiger charge is 2.05. The van der Waals surface area contributed by atoms with Gasteiger partial charge in [-0.3, -0.25) is 4.79 Å². The average molecular weight is 212 g/mol. The summed E-state index contributed by atoms with van der Waals surface area (Å²) in [5.41, 5.74) is 3.19. The molecule has 0 amide bonds. The van der Waals surface area contributed by atoms with Gasteiger partial charge in [-0.25, -0.2) is 0 Å². The molecule has 1 N–H and O–H groups in total. The van der Waals surface area contributed by atoms with E-state index < -0.39 is 0 Å². The smallest absolute Gasteiger partial charge is 0.150 e. The Kier molecular flexibility index (Phi) is 2.73. The third kappa shape index (κ3) is 1.82. The summed E-state index contributed by atoms with van der Waals surface area (Å²) in [6, 6.07) is 12.7. The first-order chi connectivity index (χ1) is 7.72. The molecule has 0 aromatic heterocycles. The molecule has 2 rings (SSSR count). The zero-order valence-electron chi connectivity index (χ0n) is 8.97. The molecule has 0 saturated carbocycles. The molecular weight excluding hydrogens is 200 g/mol. The Morgan fingerprint density at radius 1 is 1.12 bits per heavy atom. The summed E-state index contributed by atoms with van der Waals surface area (Å²) in [5.74, 6) is 0.225. The molecule has 2 aromatic rings. The standard InChI is InChI=1S/C14H12O2/c1-10-6-7-11(8-12(10)9-15)13-4-2-3-5-14(13)16/h2-9,16H,1H3. The van der Waals surface area contributed by atoms with E-state index in [2.05, 4.69) is 0 Å². The Bertz CT molecular complexity index is 530. The van der Waals surface area contributed by atoms with Crippen molar-refractivity contribution in [3.63, 3.8) is 0 Å². The van der Waals surface area contributed by atoms with Gasteiger partial charge in [0.15, 0.2) is 0 Å². The molecule has 0 unspecified atom stereocenters. The summed E-state index contributed by atoms with van der Waals surface area (Å²) in [4.78, 5) is 10.8. The Morgan fingerprint density at radius 3 is 2.56 bits per heavy atom. The first-order valence-electron chi connectivity index (χ1n) is 5.06. The van der Waals surface area contributed by atoms with Crippen molar-refractivity contribution in [2.45, 2.75) is 6.92 Å². The monoisotopic (exact) mass is 212 g/mol. The van der Waals surface area contributed by atoms with Gasteiger partial charge in [0.1, 0.15) is 12.0 Å². The number of benzene rings is 2. The Balaban J connectivity index is 2.57. The molecule has 0 aliphatic carbocycles. The second-order valence-corrected chi connectivity index (χ2v) is 3.71. The van der Waals surface area contributed by atoms with Crippen molar-refractivity contribution in [1.82, 2.24) is 0 Å². The lowest BCUT2D eigenvalue weighted by molar-refractivity contribution is 0.112. The molecule has 0 atom stereocenters. The van der Waals surface area contributed by atoms with Crippen LogP contribution < -0.4 is 0 Å². The molecule has 2 nitrogen and oxygen atoms in total. The first kappa shape index (κ1) is 10.4. The first-order valence-corrected chi connectivity index (χ1v) is 5.06. The maximum absolute atomic E-state index is 10.8. The lowest BCUT2D eigenvalue weighted by Gasteiger charge is -2.06. The van der Waals surface area contributed by atoms with Crippen molar-refractivity contribution in [2.24, 2.45) is 0 Å². The van der Waals surface area contributed by atoms with Gasteiger partial charge in [0.2, 0.25) is 0 Å². The highest BCUT2D eigenvalue weighted by molar-refractivity contribution is 5.82. The van der Waals surface area contributed by atoms with Crippen LogP contribution in [0.3, 0.4) is 0 Å². The van der Waals surface area contributed by atoms with Crippen molar-refractivity contribution >= 4 is 6.29 Å². The van der Waals surface area contributed by atoms with Gasteiger partial charge >= 0.3 is 0 Å². The molecule has 0 aliphatic rings. The fraction of sp³-hybridized carbons (Fsp3) is 0.0714. The quantitative estimate of drug-likeness (QED) is 0.776. The Morgan fingerprint density at radius 2 is 1.88 bits per heavy atom. The van der Waals surface area contributed by atoms with Crippen molar-refractivity contribution in [2.75, 3.05) is 0 Å². The van der Waals surface area contributed by atoms with Gasteiger partial charge in [0.25, 0.3) is 0 Å². The summed E-state index contributed by atoms with van der Waals surface area (Å²) >= 11 is 0. The van der Waals surface area contributed by atoms with E-state index in [1.165, 1.54) is 0 Å². The normalized spacial score (nSPS) is 10.1. The number of para-hydroxylation sites is 1. The number of rotatable bonds is 2. The van der Waals surface area contributed by atoms with Crippen LogP contribution in [0.25, 0.3) is 11.1 Å². The Labute approximate surface area is 94.2 Å². The van der Waals surface area contributed by atoms with Crippen LogP contribution in [0, 0.1) is 6.92 Å². The minimum Gasteiger partial charge on any atom is -0.507 e. The lowest BCUT2D eigenvalue weighted by Crippen LogP contribution is -1.87. The number of carbonyl (C=O) groups is 1. The van der Waals surface area contributed by atoms with Crippen LogP contribution in [0.5, 0.6) is 5.75 Å². The van der Waals surface area contributed by atoms with Gasteiger partial charge in [-0.05, 0) is 30.2 Å². The molecule has 0 bridgehead atoms. The minimum atomic E-state index is 0.225. The second-order valence-electron chi connectivity index (χ2n) is 3.71. The van der Waals surface area contributed by atoms with Crippen LogP contribution in [0.4, 0.5) is 0 Å². The van der Waals surface area contributed by atoms with Crippen LogP contribution >= 0.6 is 0 Å². The van der Waals surface area contributed by atoms with Gasteiger partial charge in [-0.2, -0.15) is 0 Å². The number of carbonyl (C=O) groups excluding carboxylic acids is 1. The molecule has 0 fully saturated rings. The van der Waals surface area contributed by atoms with Gasteiger partial charge in [-0.1, -0.05) is 30.3 Å². The van der Waals surface area contributed by atoms with Gasteiger partial charge in [0, 0.05) is 11.1 Å². The summed E-state index contributed by atoms with van der Waals surface area (Å²) in [7, 11) is 0. The predicted molar refractivity (Wildman–Crippen MR) is 63.7 cm³/mol. The molecule has 2 aromatic carbocycles. The fourth-order valence-electron chi connectivity index (χ4n) is 1.65. The average Bonchev–Trinajstić information content (AvgIpc) is 2.31. The minimum absolute atomic E-state index is 0.225. The molecule has 0 aliphatic heterocycles. The van der Waals surface area contributed by atoms with Crippen LogP contribution in [-0.4, -0.2) is 11.4 Å². The zero-order valence-corrected chi connectivity index (χ0v) is 8.97. The largest absolute Gasteiger partial charge is 0.507 e. The van der Waals surface area contributed by atoms with E-state index >= 15 is 0 Å². The number of phenols is 1. The van der Waals surface area contributed by atoms with Gasteiger partial charge in [-0.15, -0.1) is 0 Å². The van der Waals surface area contributed by atoms with E-state index in [0.717, 1.165) is 23.0 Å². The molecule has 16 heavy (non-hydrogen) atoms. The maximum atomic E-state index is 10.8. The van der Waals surface area contributed by atoms with E-state index in [4.69, 9.17) is 0 Å². The molecule has 80 valence electrons. The topological polar surface area (TPSA) is 37.3 Å². The van der Waals surface area contributed by atoms with Crippen molar-refractivity contribution in [1.29, 1.82) is 0 Å². The van der Waals surface area contributed by atoms with Crippen LogP contribution in [0.2, 0.25) is 0 Å². The van der Waals surface area contributed by atoms with Crippen LogP contribution in [0.1, 0.15) is 15.9 Å². The van der Waals surface area contributed by atoms with Crippen molar-refractivity contribution in [3.8, 4) is 16.9 Å². The van der Waals surface area contributed by atoms with Crippen molar-refractivity contribution < 1.29 is 9.90 Å². The number of phenolic OH excluding ortho intramolecular Hbond substituents is 1.